The molecule has 3 aromatic rings. The molecular formula is C22H26N4O. The number of anilines is 2. The number of H-pyrrole nitrogens is 1. The maximum atomic E-state index is 12.4. The molecule has 1 aliphatic rings. The number of aromatic nitrogens is 2. The van der Waals surface area contributed by atoms with E-state index in [9.17, 15) is 4.79 Å². The molecule has 0 unspecified atom stereocenters. The second-order valence-electron chi connectivity index (χ2n) is 7.35. The third-order valence-corrected chi connectivity index (χ3v) is 5.28. The molecule has 0 bridgehead atoms. The fourth-order valence-corrected chi connectivity index (χ4v) is 3.84. The van der Waals surface area contributed by atoms with E-state index in [1.54, 1.807) is 6.20 Å². The molecule has 0 saturated heterocycles. The number of hydrogen-bond donors (Lipinski definition) is 3. The van der Waals surface area contributed by atoms with E-state index in [0.29, 0.717) is 12.5 Å². The molecule has 0 atom stereocenters. The maximum absolute atomic E-state index is 12.4. The van der Waals surface area contributed by atoms with E-state index in [4.69, 9.17) is 0 Å². The Morgan fingerprint density at radius 3 is 2.67 bits per heavy atom. The van der Waals surface area contributed by atoms with E-state index in [1.165, 1.54) is 38.5 Å². The lowest BCUT2D eigenvalue weighted by Crippen LogP contribution is -2.19. The molecule has 1 aromatic carbocycles. The summed E-state index contributed by atoms with van der Waals surface area (Å²) < 4.78 is 0. The van der Waals surface area contributed by atoms with Crippen molar-refractivity contribution in [2.45, 2.75) is 51.0 Å². The van der Waals surface area contributed by atoms with E-state index in [1.807, 2.05) is 42.6 Å². The summed E-state index contributed by atoms with van der Waals surface area (Å²) in [7, 11) is 0. The van der Waals surface area contributed by atoms with Crippen LogP contribution in [0.1, 0.15) is 44.1 Å². The summed E-state index contributed by atoms with van der Waals surface area (Å²) in [5, 5.41) is 7.56. The third kappa shape index (κ3) is 4.48. The van der Waals surface area contributed by atoms with Gasteiger partial charge in [0, 0.05) is 23.1 Å². The molecule has 2 aromatic heterocycles. The number of aromatic amines is 1. The van der Waals surface area contributed by atoms with Crippen LogP contribution in [0, 0.1) is 0 Å². The summed E-state index contributed by atoms with van der Waals surface area (Å²) >= 11 is 0. The SMILES string of the molecule is O=C(Cc1c[nH]c2ccccc12)Nc1ccc(NC2CCCCCC2)nc1. The van der Waals surface area contributed by atoms with Crippen molar-refractivity contribution in [2.75, 3.05) is 10.6 Å². The minimum absolute atomic E-state index is 0.0361. The molecule has 3 N–H and O–H groups in total. The van der Waals surface area contributed by atoms with Crippen LogP contribution in [0.5, 0.6) is 0 Å². The summed E-state index contributed by atoms with van der Waals surface area (Å²) in [4.78, 5) is 20.1. The molecule has 140 valence electrons. The Labute approximate surface area is 159 Å². The van der Waals surface area contributed by atoms with Crippen LogP contribution in [-0.2, 0) is 11.2 Å². The van der Waals surface area contributed by atoms with Gasteiger partial charge in [0.25, 0.3) is 0 Å². The largest absolute Gasteiger partial charge is 0.367 e. The number of pyridine rings is 1. The predicted octanol–water partition coefficient (Wildman–Crippen LogP) is 4.88. The van der Waals surface area contributed by atoms with Crippen LogP contribution in [0.2, 0.25) is 0 Å². The summed E-state index contributed by atoms with van der Waals surface area (Å²) in [6.45, 7) is 0. The molecule has 5 heteroatoms. The molecule has 1 saturated carbocycles. The molecule has 2 heterocycles. The van der Waals surface area contributed by atoms with Gasteiger partial charge in [0.05, 0.1) is 18.3 Å². The molecule has 1 aliphatic carbocycles. The maximum Gasteiger partial charge on any atom is 0.228 e. The van der Waals surface area contributed by atoms with Crippen LogP contribution in [0.25, 0.3) is 10.9 Å². The van der Waals surface area contributed by atoms with E-state index < -0.39 is 0 Å². The highest BCUT2D eigenvalue weighted by Gasteiger charge is 2.13. The van der Waals surface area contributed by atoms with Crippen LogP contribution in [-0.4, -0.2) is 21.9 Å². The number of hydrogen-bond acceptors (Lipinski definition) is 3. The van der Waals surface area contributed by atoms with E-state index in [2.05, 4.69) is 20.6 Å². The number of para-hydroxylation sites is 1. The molecular weight excluding hydrogens is 336 g/mol. The Bertz CT molecular complexity index is 892. The van der Waals surface area contributed by atoms with Crippen LogP contribution in [0.15, 0.2) is 48.8 Å². The fraction of sp³-hybridized carbons (Fsp3) is 0.364. The first-order valence-corrected chi connectivity index (χ1v) is 9.85. The van der Waals surface area contributed by atoms with Crippen LogP contribution in [0.3, 0.4) is 0 Å². The Morgan fingerprint density at radius 1 is 1.07 bits per heavy atom. The zero-order valence-corrected chi connectivity index (χ0v) is 15.5. The topological polar surface area (TPSA) is 69.8 Å². The van der Waals surface area contributed by atoms with Crippen molar-refractivity contribution in [1.29, 1.82) is 0 Å². The van der Waals surface area contributed by atoms with Crippen molar-refractivity contribution in [1.82, 2.24) is 9.97 Å². The number of benzene rings is 1. The van der Waals surface area contributed by atoms with Crippen LogP contribution < -0.4 is 10.6 Å². The molecule has 1 amide bonds. The van der Waals surface area contributed by atoms with Crippen LogP contribution in [0.4, 0.5) is 11.5 Å². The number of rotatable bonds is 5. The highest BCUT2D eigenvalue weighted by molar-refractivity contribution is 5.95. The molecule has 0 spiro atoms. The van der Waals surface area contributed by atoms with Gasteiger partial charge in [-0.15, -0.1) is 0 Å². The predicted molar refractivity (Wildman–Crippen MR) is 110 cm³/mol. The van der Waals surface area contributed by atoms with Gasteiger partial charge < -0.3 is 15.6 Å². The monoisotopic (exact) mass is 362 g/mol. The van der Waals surface area contributed by atoms with Crippen molar-refractivity contribution in [2.24, 2.45) is 0 Å². The van der Waals surface area contributed by atoms with E-state index >= 15 is 0 Å². The Kier molecular flexibility index (Phi) is 5.37. The molecule has 0 radical (unpaired) electrons. The zero-order valence-electron chi connectivity index (χ0n) is 15.5. The molecule has 27 heavy (non-hydrogen) atoms. The Morgan fingerprint density at radius 2 is 1.89 bits per heavy atom. The quantitative estimate of drug-likeness (QED) is 0.567. The Balaban J connectivity index is 1.34. The van der Waals surface area contributed by atoms with Gasteiger partial charge in [-0.25, -0.2) is 4.98 Å². The van der Waals surface area contributed by atoms with Gasteiger partial charge in [0.2, 0.25) is 5.91 Å². The first kappa shape index (κ1) is 17.6. The number of nitrogens with one attached hydrogen (secondary N) is 3. The highest BCUT2D eigenvalue weighted by Crippen LogP contribution is 2.21. The van der Waals surface area contributed by atoms with Crippen molar-refractivity contribution in [3.8, 4) is 0 Å². The zero-order chi connectivity index (χ0) is 18.5. The van der Waals surface area contributed by atoms with Crippen molar-refractivity contribution >= 4 is 28.3 Å². The van der Waals surface area contributed by atoms with Gasteiger partial charge in [0.1, 0.15) is 5.82 Å². The lowest BCUT2D eigenvalue weighted by Gasteiger charge is -2.17. The standard InChI is InChI=1S/C22H26N4O/c27-22(13-16-14-23-20-10-6-5-9-19(16)20)26-18-11-12-21(24-15-18)25-17-7-3-1-2-4-8-17/h5-6,9-12,14-15,17,23H,1-4,7-8,13H2,(H,24,25)(H,26,27). The molecule has 4 rings (SSSR count). The lowest BCUT2D eigenvalue weighted by molar-refractivity contribution is -0.115. The first-order valence-electron chi connectivity index (χ1n) is 9.85. The van der Waals surface area contributed by atoms with E-state index in [-0.39, 0.29) is 5.91 Å². The molecule has 0 aliphatic heterocycles. The van der Waals surface area contributed by atoms with E-state index in [0.717, 1.165) is 28.0 Å². The minimum Gasteiger partial charge on any atom is -0.367 e. The summed E-state index contributed by atoms with van der Waals surface area (Å²) in [5.74, 6) is 0.850. The third-order valence-electron chi connectivity index (χ3n) is 5.28. The van der Waals surface area contributed by atoms with Gasteiger partial charge in [-0.3, -0.25) is 4.79 Å². The normalized spacial score (nSPS) is 15.4. The number of nitrogens with zero attached hydrogens (tertiary/aromatic N) is 1. The van der Waals surface area contributed by atoms with Gasteiger partial charge in [-0.05, 0) is 36.6 Å². The minimum atomic E-state index is -0.0361. The van der Waals surface area contributed by atoms with Crippen LogP contribution >= 0.6 is 0 Å². The fourth-order valence-electron chi connectivity index (χ4n) is 3.84. The highest BCUT2D eigenvalue weighted by atomic mass is 16.1. The second-order valence-corrected chi connectivity index (χ2v) is 7.35. The summed E-state index contributed by atoms with van der Waals surface area (Å²) in [6, 6.07) is 12.4. The number of fused-ring (bicyclic) bond motifs is 1. The number of amides is 1. The average Bonchev–Trinajstić information content (AvgIpc) is 2.90. The van der Waals surface area contributed by atoms with Crippen molar-refractivity contribution < 1.29 is 4.79 Å². The second kappa shape index (κ2) is 8.25. The Hall–Kier alpha value is -2.82. The average molecular weight is 362 g/mol. The van der Waals surface area contributed by atoms with Gasteiger partial charge >= 0.3 is 0 Å². The van der Waals surface area contributed by atoms with Gasteiger partial charge in [0.15, 0.2) is 0 Å². The van der Waals surface area contributed by atoms with Crippen molar-refractivity contribution in [3.05, 3.63) is 54.4 Å². The molecule has 1 fully saturated rings. The first-order chi connectivity index (χ1) is 13.3. The van der Waals surface area contributed by atoms with Gasteiger partial charge in [-0.1, -0.05) is 43.9 Å². The molecule has 5 nitrogen and oxygen atoms in total. The lowest BCUT2D eigenvalue weighted by atomic mass is 10.1. The smallest absolute Gasteiger partial charge is 0.228 e. The van der Waals surface area contributed by atoms with Crippen molar-refractivity contribution in [3.63, 3.8) is 0 Å². The summed E-state index contributed by atoms with van der Waals surface area (Å²) in [5.41, 5.74) is 2.78. The summed E-state index contributed by atoms with van der Waals surface area (Å²) in [6.07, 6.45) is 11.7. The number of carbonyl (C=O) groups is 1. The van der Waals surface area contributed by atoms with Gasteiger partial charge in [-0.2, -0.15) is 0 Å². The number of carbonyl (C=O) groups excluding carboxylic acids is 1.